The van der Waals surface area contributed by atoms with Gasteiger partial charge in [-0.05, 0) is 32.6 Å². The number of imidazole rings is 1. The highest BCUT2D eigenvalue weighted by Crippen LogP contribution is 2.27. The summed E-state index contributed by atoms with van der Waals surface area (Å²) in [6.07, 6.45) is 9.58. The summed E-state index contributed by atoms with van der Waals surface area (Å²) in [5.74, 6) is 2.56. The summed E-state index contributed by atoms with van der Waals surface area (Å²) in [4.78, 5) is 13.9. The Bertz CT molecular complexity index is 602. The molecule has 20 heavy (non-hydrogen) atoms. The van der Waals surface area contributed by atoms with Gasteiger partial charge in [0.2, 0.25) is 0 Å². The van der Waals surface area contributed by atoms with Crippen molar-refractivity contribution in [3.8, 4) is 11.6 Å². The van der Waals surface area contributed by atoms with Crippen molar-refractivity contribution in [3.63, 3.8) is 0 Å². The van der Waals surface area contributed by atoms with E-state index < -0.39 is 0 Å². The molecule has 0 fully saturated rings. The van der Waals surface area contributed by atoms with Crippen LogP contribution < -0.4 is 5.32 Å². The quantitative estimate of drug-likeness (QED) is 0.872. The van der Waals surface area contributed by atoms with Gasteiger partial charge in [-0.15, -0.1) is 0 Å². The van der Waals surface area contributed by atoms with Crippen molar-refractivity contribution >= 4 is 5.82 Å². The van der Waals surface area contributed by atoms with E-state index in [1.807, 2.05) is 17.8 Å². The van der Waals surface area contributed by atoms with Gasteiger partial charge in [0, 0.05) is 37.2 Å². The van der Waals surface area contributed by atoms with Crippen LogP contribution >= 0.6 is 0 Å². The molecule has 2 aromatic rings. The fourth-order valence-corrected chi connectivity index (χ4v) is 2.77. The number of rotatable bonds is 3. The molecule has 2 aromatic heterocycles. The molecule has 0 aliphatic heterocycles. The van der Waals surface area contributed by atoms with Crippen LogP contribution in [-0.2, 0) is 19.9 Å². The summed E-state index contributed by atoms with van der Waals surface area (Å²) in [6, 6.07) is 0. The van der Waals surface area contributed by atoms with E-state index in [-0.39, 0.29) is 0 Å². The molecule has 0 aromatic carbocycles. The van der Waals surface area contributed by atoms with Crippen LogP contribution in [0, 0.1) is 0 Å². The molecule has 0 saturated heterocycles. The second kappa shape index (κ2) is 5.61. The van der Waals surface area contributed by atoms with Gasteiger partial charge in [-0.3, -0.25) is 0 Å². The number of hydrogen-bond donors (Lipinski definition) is 1. The summed E-state index contributed by atoms with van der Waals surface area (Å²) < 4.78 is 1.97. The number of anilines is 1. The van der Waals surface area contributed by atoms with Gasteiger partial charge in [-0.2, -0.15) is 0 Å². The molecule has 0 atom stereocenters. The maximum absolute atomic E-state index is 4.79. The van der Waals surface area contributed by atoms with E-state index in [4.69, 9.17) is 9.97 Å². The van der Waals surface area contributed by atoms with E-state index in [0.29, 0.717) is 0 Å². The first-order valence-electron chi connectivity index (χ1n) is 7.41. The summed E-state index contributed by atoms with van der Waals surface area (Å²) >= 11 is 0. The number of fused-ring (bicyclic) bond motifs is 1. The van der Waals surface area contributed by atoms with Gasteiger partial charge >= 0.3 is 0 Å². The smallest absolute Gasteiger partial charge is 0.198 e. The van der Waals surface area contributed by atoms with Crippen LogP contribution in [0.1, 0.15) is 37.4 Å². The Hall–Kier alpha value is -1.91. The lowest BCUT2D eigenvalue weighted by atomic mass is 10.1. The molecule has 1 aliphatic rings. The van der Waals surface area contributed by atoms with E-state index in [1.165, 1.54) is 30.5 Å². The topological polar surface area (TPSA) is 55.6 Å². The van der Waals surface area contributed by atoms with Gasteiger partial charge in [0.25, 0.3) is 0 Å². The maximum atomic E-state index is 4.79. The molecule has 5 nitrogen and oxygen atoms in total. The van der Waals surface area contributed by atoms with Crippen LogP contribution in [0.4, 0.5) is 5.82 Å². The highest BCUT2D eigenvalue weighted by Gasteiger charge is 2.18. The molecule has 1 N–H and O–H groups in total. The van der Waals surface area contributed by atoms with Gasteiger partial charge < -0.3 is 9.88 Å². The molecule has 3 rings (SSSR count). The van der Waals surface area contributed by atoms with Crippen LogP contribution in [0.5, 0.6) is 0 Å². The Kier molecular flexibility index (Phi) is 3.67. The van der Waals surface area contributed by atoms with Crippen molar-refractivity contribution in [2.24, 2.45) is 7.05 Å². The number of nitrogens with zero attached hydrogens (tertiary/aromatic N) is 4. The monoisotopic (exact) mass is 271 g/mol. The first kappa shape index (κ1) is 13.1. The molecule has 2 heterocycles. The number of aromatic nitrogens is 4. The molecular formula is C15H21N5. The second-order valence-electron chi connectivity index (χ2n) is 5.27. The molecule has 0 bridgehead atoms. The SMILES string of the molecule is CCNc1nc(-c2nccn2C)nc2c1CCCCC2. The van der Waals surface area contributed by atoms with Gasteiger partial charge in [-0.1, -0.05) is 6.42 Å². The molecule has 106 valence electrons. The number of aryl methyl sites for hydroxylation is 2. The van der Waals surface area contributed by atoms with Crippen molar-refractivity contribution in [1.82, 2.24) is 19.5 Å². The predicted molar refractivity (Wildman–Crippen MR) is 79.7 cm³/mol. The fraction of sp³-hybridized carbons (Fsp3) is 0.533. The van der Waals surface area contributed by atoms with E-state index in [2.05, 4.69) is 17.2 Å². The van der Waals surface area contributed by atoms with Crippen LogP contribution in [0.25, 0.3) is 11.6 Å². The lowest BCUT2D eigenvalue weighted by Crippen LogP contribution is -2.10. The Morgan fingerprint density at radius 1 is 1.20 bits per heavy atom. The minimum absolute atomic E-state index is 0.731. The van der Waals surface area contributed by atoms with Gasteiger partial charge in [0.05, 0.1) is 0 Å². The van der Waals surface area contributed by atoms with Crippen LogP contribution in [-0.4, -0.2) is 26.1 Å². The zero-order valence-corrected chi connectivity index (χ0v) is 12.2. The van der Waals surface area contributed by atoms with Crippen LogP contribution in [0.2, 0.25) is 0 Å². The molecule has 0 amide bonds. The third kappa shape index (κ3) is 2.40. The minimum Gasteiger partial charge on any atom is -0.370 e. The van der Waals surface area contributed by atoms with Crippen molar-refractivity contribution in [3.05, 3.63) is 23.7 Å². The average molecular weight is 271 g/mol. The summed E-state index contributed by atoms with van der Waals surface area (Å²) in [5.41, 5.74) is 2.51. The maximum Gasteiger partial charge on any atom is 0.198 e. The largest absolute Gasteiger partial charge is 0.370 e. The van der Waals surface area contributed by atoms with Crippen molar-refractivity contribution in [2.75, 3.05) is 11.9 Å². The molecule has 1 aliphatic carbocycles. The normalized spacial score (nSPS) is 14.7. The van der Waals surface area contributed by atoms with Gasteiger partial charge in [0.1, 0.15) is 5.82 Å². The van der Waals surface area contributed by atoms with Gasteiger partial charge in [-0.25, -0.2) is 15.0 Å². The third-order valence-electron chi connectivity index (χ3n) is 3.80. The van der Waals surface area contributed by atoms with E-state index in [9.17, 15) is 0 Å². The van der Waals surface area contributed by atoms with E-state index in [1.54, 1.807) is 6.20 Å². The lowest BCUT2D eigenvalue weighted by Gasteiger charge is -2.13. The Morgan fingerprint density at radius 3 is 2.80 bits per heavy atom. The Labute approximate surface area is 119 Å². The van der Waals surface area contributed by atoms with E-state index >= 15 is 0 Å². The standard InChI is InChI=1S/C15H21N5/c1-3-16-13-11-7-5-4-6-8-12(11)18-14(19-13)15-17-9-10-20(15)2/h9-10H,3-8H2,1-2H3,(H,16,18,19). The fourth-order valence-electron chi connectivity index (χ4n) is 2.77. The average Bonchev–Trinajstić information content (AvgIpc) is 2.73. The van der Waals surface area contributed by atoms with Crippen molar-refractivity contribution in [2.45, 2.75) is 39.0 Å². The van der Waals surface area contributed by atoms with Crippen molar-refractivity contribution in [1.29, 1.82) is 0 Å². The molecule has 0 spiro atoms. The Balaban J connectivity index is 2.11. The zero-order valence-electron chi connectivity index (χ0n) is 12.2. The molecule has 0 radical (unpaired) electrons. The first-order valence-corrected chi connectivity index (χ1v) is 7.41. The molecular weight excluding hydrogens is 250 g/mol. The number of hydrogen-bond acceptors (Lipinski definition) is 4. The second-order valence-corrected chi connectivity index (χ2v) is 5.27. The minimum atomic E-state index is 0.731. The van der Waals surface area contributed by atoms with Gasteiger partial charge in [0.15, 0.2) is 11.6 Å². The summed E-state index contributed by atoms with van der Waals surface area (Å²) in [7, 11) is 1.98. The highest BCUT2D eigenvalue weighted by molar-refractivity contribution is 5.55. The van der Waals surface area contributed by atoms with Crippen LogP contribution in [0.15, 0.2) is 12.4 Å². The van der Waals surface area contributed by atoms with Crippen molar-refractivity contribution < 1.29 is 0 Å². The third-order valence-corrected chi connectivity index (χ3v) is 3.80. The lowest BCUT2D eigenvalue weighted by molar-refractivity contribution is 0.709. The number of nitrogens with one attached hydrogen (secondary N) is 1. The van der Waals surface area contributed by atoms with E-state index in [0.717, 1.165) is 36.9 Å². The Morgan fingerprint density at radius 2 is 2.05 bits per heavy atom. The molecule has 0 saturated carbocycles. The molecule has 0 unspecified atom stereocenters. The van der Waals surface area contributed by atoms with Crippen LogP contribution in [0.3, 0.4) is 0 Å². The highest BCUT2D eigenvalue weighted by atomic mass is 15.1. The predicted octanol–water partition coefficient (Wildman–Crippen LogP) is 2.58. The summed E-state index contributed by atoms with van der Waals surface area (Å²) in [5, 5.41) is 3.40. The zero-order chi connectivity index (χ0) is 13.9. The summed E-state index contributed by atoms with van der Waals surface area (Å²) in [6.45, 7) is 2.98. The molecule has 5 heteroatoms. The first-order chi connectivity index (χ1) is 9.79.